The topological polar surface area (TPSA) is 50.8 Å². The number of methoxy groups -OCH3 is 1. The predicted molar refractivity (Wildman–Crippen MR) is 95.6 cm³/mol. The van der Waals surface area contributed by atoms with Crippen molar-refractivity contribution in [2.75, 3.05) is 38.7 Å². The summed E-state index contributed by atoms with van der Waals surface area (Å²) in [7, 11) is 1.57. The molecule has 0 radical (unpaired) electrons. The Bertz CT molecular complexity index is 677. The van der Waals surface area contributed by atoms with Crippen LogP contribution in [0.15, 0.2) is 48.5 Å². The molecule has 0 aliphatic heterocycles. The average molecular weight is 346 g/mol. The summed E-state index contributed by atoms with van der Waals surface area (Å²) in [6.07, 6.45) is 0. The molecule has 0 unspecified atom stereocenters. The zero-order valence-corrected chi connectivity index (χ0v) is 14.5. The summed E-state index contributed by atoms with van der Waals surface area (Å²) in [6.45, 7) is 3.95. The molecule has 2 aromatic carbocycles. The van der Waals surface area contributed by atoms with E-state index in [0.29, 0.717) is 36.9 Å². The van der Waals surface area contributed by atoms with Crippen molar-refractivity contribution in [1.29, 1.82) is 0 Å². The van der Waals surface area contributed by atoms with E-state index in [9.17, 15) is 9.18 Å². The first kappa shape index (κ1) is 18.7. The maximum absolute atomic E-state index is 12.9. The van der Waals surface area contributed by atoms with Crippen LogP contribution in [0.5, 0.6) is 11.5 Å². The Balaban J connectivity index is 1.80. The Morgan fingerprint density at radius 3 is 2.56 bits per heavy atom. The van der Waals surface area contributed by atoms with Gasteiger partial charge in [0.2, 0.25) is 5.91 Å². The number of carbonyl (C=O) groups excluding carboxylic acids is 1. The summed E-state index contributed by atoms with van der Waals surface area (Å²) < 4.78 is 23.6. The largest absolute Gasteiger partial charge is 0.495 e. The molecule has 2 aromatic rings. The van der Waals surface area contributed by atoms with Crippen LogP contribution in [-0.4, -0.2) is 44.2 Å². The molecular formula is C19H23FN2O3. The molecule has 0 aliphatic rings. The van der Waals surface area contributed by atoms with E-state index in [4.69, 9.17) is 9.47 Å². The molecule has 0 heterocycles. The minimum absolute atomic E-state index is 0.117. The van der Waals surface area contributed by atoms with Gasteiger partial charge in [-0.1, -0.05) is 19.1 Å². The van der Waals surface area contributed by atoms with Gasteiger partial charge in [0, 0.05) is 6.54 Å². The number of halogens is 1. The zero-order valence-electron chi connectivity index (χ0n) is 14.5. The first-order valence-electron chi connectivity index (χ1n) is 8.16. The van der Waals surface area contributed by atoms with E-state index in [-0.39, 0.29) is 18.3 Å². The number of carbonyl (C=O) groups is 1. The van der Waals surface area contributed by atoms with Crippen molar-refractivity contribution in [2.45, 2.75) is 6.92 Å². The molecule has 0 aliphatic carbocycles. The maximum atomic E-state index is 12.9. The molecule has 134 valence electrons. The highest BCUT2D eigenvalue weighted by molar-refractivity contribution is 5.93. The maximum Gasteiger partial charge on any atom is 0.238 e. The number of amides is 1. The highest BCUT2D eigenvalue weighted by Crippen LogP contribution is 2.22. The Morgan fingerprint density at radius 1 is 1.16 bits per heavy atom. The van der Waals surface area contributed by atoms with Crippen LogP contribution in [-0.2, 0) is 4.79 Å². The van der Waals surface area contributed by atoms with E-state index in [1.807, 2.05) is 24.0 Å². The van der Waals surface area contributed by atoms with Crippen molar-refractivity contribution in [3.63, 3.8) is 0 Å². The van der Waals surface area contributed by atoms with E-state index in [1.54, 1.807) is 31.4 Å². The van der Waals surface area contributed by atoms with E-state index in [2.05, 4.69) is 5.32 Å². The molecule has 1 N–H and O–H groups in total. The first-order valence-corrected chi connectivity index (χ1v) is 8.16. The Labute approximate surface area is 147 Å². The van der Waals surface area contributed by atoms with Gasteiger partial charge in [-0.3, -0.25) is 9.69 Å². The van der Waals surface area contributed by atoms with Crippen LogP contribution >= 0.6 is 0 Å². The van der Waals surface area contributed by atoms with Crippen LogP contribution in [0, 0.1) is 5.82 Å². The van der Waals surface area contributed by atoms with E-state index in [0.717, 1.165) is 0 Å². The third-order valence-electron chi connectivity index (χ3n) is 3.69. The van der Waals surface area contributed by atoms with Gasteiger partial charge in [-0.2, -0.15) is 0 Å². The molecule has 0 saturated heterocycles. The number of hydrogen-bond donors (Lipinski definition) is 1. The summed E-state index contributed by atoms with van der Waals surface area (Å²) in [5, 5.41) is 2.85. The van der Waals surface area contributed by atoms with Gasteiger partial charge >= 0.3 is 0 Å². The highest BCUT2D eigenvalue weighted by atomic mass is 19.1. The fraction of sp³-hybridized carbons (Fsp3) is 0.316. The monoisotopic (exact) mass is 346 g/mol. The third kappa shape index (κ3) is 6.08. The van der Waals surface area contributed by atoms with Gasteiger partial charge in [-0.25, -0.2) is 4.39 Å². The Hall–Kier alpha value is -2.60. The van der Waals surface area contributed by atoms with Crippen molar-refractivity contribution in [3.8, 4) is 11.5 Å². The Morgan fingerprint density at radius 2 is 1.88 bits per heavy atom. The molecule has 0 fully saturated rings. The van der Waals surface area contributed by atoms with Crippen LogP contribution < -0.4 is 14.8 Å². The molecule has 0 atom stereocenters. The second kappa shape index (κ2) is 9.64. The number of benzene rings is 2. The SMILES string of the molecule is CCN(CCOc1ccc(F)cc1)CC(=O)Nc1ccccc1OC. The summed E-state index contributed by atoms with van der Waals surface area (Å²) in [6, 6.07) is 13.2. The van der Waals surface area contributed by atoms with Crippen LogP contribution in [0.1, 0.15) is 6.92 Å². The number of hydrogen-bond acceptors (Lipinski definition) is 4. The number of nitrogens with zero attached hydrogens (tertiary/aromatic N) is 1. The predicted octanol–water partition coefficient (Wildman–Crippen LogP) is 3.17. The molecule has 0 saturated carbocycles. The first-order chi connectivity index (χ1) is 12.1. The number of rotatable bonds is 9. The fourth-order valence-electron chi connectivity index (χ4n) is 2.31. The zero-order chi connectivity index (χ0) is 18.1. The lowest BCUT2D eigenvalue weighted by Gasteiger charge is -2.20. The van der Waals surface area contributed by atoms with Crippen molar-refractivity contribution in [2.24, 2.45) is 0 Å². The second-order valence-corrected chi connectivity index (χ2v) is 5.42. The summed E-state index contributed by atoms with van der Waals surface area (Å²) in [4.78, 5) is 14.2. The minimum atomic E-state index is -0.296. The average Bonchev–Trinajstić information content (AvgIpc) is 2.63. The number of nitrogens with one attached hydrogen (secondary N) is 1. The molecule has 0 aromatic heterocycles. The summed E-state index contributed by atoms with van der Waals surface area (Å²) >= 11 is 0. The fourth-order valence-corrected chi connectivity index (χ4v) is 2.31. The molecule has 0 bridgehead atoms. The molecule has 0 spiro atoms. The minimum Gasteiger partial charge on any atom is -0.495 e. The summed E-state index contributed by atoms with van der Waals surface area (Å²) in [5.41, 5.74) is 0.647. The second-order valence-electron chi connectivity index (χ2n) is 5.42. The lowest BCUT2D eigenvalue weighted by atomic mass is 10.3. The van der Waals surface area contributed by atoms with Gasteiger partial charge in [-0.05, 0) is 42.9 Å². The lowest BCUT2D eigenvalue weighted by Crippen LogP contribution is -2.36. The van der Waals surface area contributed by atoms with E-state index in [1.165, 1.54) is 12.1 Å². The van der Waals surface area contributed by atoms with Crippen molar-refractivity contribution < 1.29 is 18.7 Å². The molecule has 2 rings (SSSR count). The smallest absolute Gasteiger partial charge is 0.238 e. The quantitative estimate of drug-likeness (QED) is 0.758. The van der Waals surface area contributed by atoms with Crippen LogP contribution in [0.3, 0.4) is 0 Å². The van der Waals surface area contributed by atoms with E-state index < -0.39 is 0 Å². The molecular weight excluding hydrogens is 323 g/mol. The summed E-state index contributed by atoms with van der Waals surface area (Å²) in [5.74, 6) is 0.818. The van der Waals surface area contributed by atoms with Gasteiger partial charge in [0.05, 0.1) is 19.3 Å². The van der Waals surface area contributed by atoms with Gasteiger partial charge < -0.3 is 14.8 Å². The standard InChI is InChI=1S/C19H23FN2O3/c1-3-22(12-13-25-16-10-8-15(20)9-11-16)14-19(23)21-17-6-4-5-7-18(17)24-2/h4-11H,3,12-14H2,1-2H3,(H,21,23). The van der Waals surface area contributed by atoms with Gasteiger partial charge in [0.25, 0.3) is 0 Å². The number of para-hydroxylation sites is 2. The van der Waals surface area contributed by atoms with Crippen molar-refractivity contribution in [3.05, 3.63) is 54.3 Å². The van der Waals surface area contributed by atoms with E-state index >= 15 is 0 Å². The van der Waals surface area contributed by atoms with Gasteiger partial charge in [0.1, 0.15) is 23.9 Å². The molecule has 25 heavy (non-hydrogen) atoms. The molecule has 1 amide bonds. The third-order valence-corrected chi connectivity index (χ3v) is 3.69. The van der Waals surface area contributed by atoms with Crippen molar-refractivity contribution >= 4 is 11.6 Å². The van der Waals surface area contributed by atoms with Crippen LogP contribution in [0.4, 0.5) is 10.1 Å². The molecule has 5 nitrogen and oxygen atoms in total. The van der Waals surface area contributed by atoms with Crippen LogP contribution in [0.25, 0.3) is 0 Å². The number of likely N-dealkylation sites (N-methyl/N-ethyl adjacent to an activating group) is 1. The highest BCUT2D eigenvalue weighted by Gasteiger charge is 2.11. The van der Waals surface area contributed by atoms with Crippen molar-refractivity contribution in [1.82, 2.24) is 4.90 Å². The van der Waals surface area contributed by atoms with Gasteiger partial charge in [-0.15, -0.1) is 0 Å². The van der Waals surface area contributed by atoms with Crippen LogP contribution in [0.2, 0.25) is 0 Å². The normalized spacial score (nSPS) is 10.6. The lowest BCUT2D eigenvalue weighted by molar-refractivity contribution is -0.117. The van der Waals surface area contributed by atoms with Gasteiger partial charge in [0.15, 0.2) is 0 Å². The number of anilines is 1. The number of ether oxygens (including phenoxy) is 2. The molecule has 6 heteroatoms. The Kier molecular flexibility index (Phi) is 7.22.